The number of rotatable bonds is 5. The maximum Gasteiger partial charge on any atom is 0.234 e. The van der Waals surface area contributed by atoms with Gasteiger partial charge in [-0.3, -0.25) is 9.36 Å². The van der Waals surface area contributed by atoms with Crippen molar-refractivity contribution >= 4 is 50.9 Å². The number of carbonyl (C=O) groups is 1. The zero-order chi connectivity index (χ0) is 19.6. The molecule has 0 saturated carbocycles. The Bertz CT molecular complexity index is 1010. The Morgan fingerprint density at radius 2 is 1.93 bits per heavy atom. The van der Waals surface area contributed by atoms with Gasteiger partial charge in [0.05, 0.1) is 16.5 Å². The van der Waals surface area contributed by atoms with E-state index in [9.17, 15) is 4.79 Å². The van der Waals surface area contributed by atoms with Crippen LogP contribution in [0.4, 0.5) is 5.69 Å². The van der Waals surface area contributed by atoms with E-state index in [-0.39, 0.29) is 11.7 Å². The van der Waals surface area contributed by atoms with Crippen molar-refractivity contribution in [2.24, 2.45) is 0 Å². The lowest BCUT2D eigenvalue weighted by molar-refractivity contribution is -0.113. The lowest BCUT2D eigenvalue weighted by Crippen LogP contribution is -2.15. The molecule has 0 aliphatic carbocycles. The van der Waals surface area contributed by atoms with E-state index in [0.717, 1.165) is 16.0 Å². The van der Waals surface area contributed by atoms with Gasteiger partial charge in [-0.05, 0) is 62.2 Å². The van der Waals surface area contributed by atoms with E-state index in [0.29, 0.717) is 15.9 Å². The number of anilines is 1. The average Bonchev–Trinajstić information content (AvgIpc) is 2.99. The lowest BCUT2D eigenvalue weighted by atomic mass is 10.1. The molecule has 0 radical (unpaired) electrons. The molecular formula is C19H18BrClN4OS. The van der Waals surface area contributed by atoms with Gasteiger partial charge in [0.25, 0.3) is 0 Å². The monoisotopic (exact) mass is 464 g/mol. The summed E-state index contributed by atoms with van der Waals surface area (Å²) in [6.45, 7) is 6.04. The largest absolute Gasteiger partial charge is 0.324 e. The van der Waals surface area contributed by atoms with Gasteiger partial charge in [0, 0.05) is 10.2 Å². The normalized spacial score (nSPS) is 10.9. The predicted molar refractivity (Wildman–Crippen MR) is 114 cm³/mol. The van der Waals surface area contributed by atoms with Gasteiger partial charge in [0.2, 0.25) is 5.91 Å². The van der Waals surface area contributed by atoms with Crippen LogP contribution in [0.1, 0.15) is 17.0 Å². The molecule has 1 N–H and O–H groups in total. The molecule has 0 atom stereocenters. The number of amides is 1. The molecule has 140 valence electrons. The number of aromatic nitrogens is 3. The van der Waals surface area contributed by atoms with E-state index in [1.54, 1.807) is 12.1 Å². The molecule has 1 amide bonds. The summed E-state index contributed by atoms with van der Waals surface area (Å²) in [6, 6.07) is 11.5. The van der Waals surface area contributed by atoms with Crippen molar-refractivity contribution in [3.05, 3.63) is 62.8 Å². The summed E-state index contributed by atoms with van der Waals surface area (Å²) in [6.07, 6.45) is 0. The Morgan fingerprint density at radius 3 is 2.63 bits per heavy atom. The SMILES string of the molecule is Cc1ccc(-n2c(C)nnc2SCC(=O)Nc2ccc(Br)cc2Cl)cc1C. The van der Waals surface area contributed by atoms with Crippen molar-refractivity contribution in [2.75, 3.05) is 11.1 Å². The van der Waals surface area contributed by atoms with Gasteiger partial charge in [-0.15, -0.1) is 10.2 Å². The minimum absolute atomic E-state index is 0.156. The van der Waals surface area contributed by atoms with Gasteiger partial charge in [-0.25, -0.2) is 0 Å². The first kappa shape index (κ1) is 19.9. The first-order chi connectivity index (χ1) is 12.8. The van der Waals surface area contributed by atoms with Crippen molar-refractivity contribution in [3.63, 3.8) is 0 Å². The third-order valence-corrected chi connectivity index (χ3v) is 5.82. The van der Waals surface area contributed by atoms with E-state index in [2.05, 4.69) is 57.4 Å². The molecule has 8 heteroatoms. The molecule has 3 aromatic rings. The molecule has 3 rings (SSSR count). The summed E-state index contributed by atoms with van der Waals surface area (Å²) in [5.74, 6) is 0.823. The number of hydrogen-bond acceptors (Lipinski definition) is 4. The number of nitrogens with zero attached hydrogens (tertiary/aromatic N) is 3. The molecule has 0 aliphatic heterocycles. The summed E-state index contributed by atoms with van der Waals surface area (Å²) < 4.78 is 2.81. The van der Waals surface area contributed by atoms with Crippen molar-refractivity contribution in [1.82, 2.24) is 14.8 Å². The van der Waals surface area contributed by atoms with Gasteiger partial charge in [0.1, 0.15) is 5.82 Å². The minimum Gasteiger partial charge on any atom is -0.324 e. The first-order valence-corrected chi connectivity index (χ1v) is 10.4. The third-order valence-electron chi connectivity index (χ3n) is 4.08. The predicted octanol–water partition coefficient (Wildman–Crippen LogP) is 5.34. The number of halogens is 2. The van der Waals surface area contributed by atoms with Crippen LogP contribution in [0.5, 0.6) is 0 Å². The highest BCUT2D eigenvalue weighted by atomic mass is 79.9. The summed E-state index contributed by atoms with van der Waals surface area (Å²) in [5.41, 5.74) is 3.99. The van der Waals surface area contributed by atoms with Crippen LogP contribution in [0.25, 0.3) is 5.69 Å². The van der Waals surface area contributed by atoms with Crippen LogP contribution in [0, 0.1) is 20.8 Å². The third kappa shape index (κ3) is 4.72. The van der Waals surface area contributed by atoms with Crippen LogP contribution in [0.15, 0.2) is 46.0 Å². The standard InChI is InChI=1S/C19H18BrClN4OS/c1-11-4-6-15(8-12(11)2)25-13(3)23-24-19(25)27-10-18(26)22-17-7-5-14(20)9-16(17)21/h4-9H,10H2,1-3H3,(H,22,26). The van der Waals surface area contributed by atoms with E-state index in [1.165, 1.54) is 22.9 Å². The van der Waals surface area contributed by atoms with Gasteiger partial charge < -0.3 is 5.32 Å². The van der Waals surface area contributed by atoms with Crippen LogP contribution in [-0.4, -0.2) is 26.4 Å². The van der Waals surface area contributed by atoms with Gasteiger partial charge in [0.15, 0.2) is 5.16 Å². The number of carbonyl (C=O) groups excluding carboxylic acids is 1. The molecular weight excluding hydrogens is 448 g/mol. The second-order valence-corrected chi connectivity index (χ2v) is 8.36. The minimum atomic E-state index is -0.156. The maximum absolute atomic E-state index is 12.3. The van der Waals surface area contributed by atoms with Crippen LogP contribution in [-0.2, 0) is 4.79 Å². The quantitative estimate of drug-likeness (QED) is 0.517. The van der Waals surface area contributed by atoms with E-state index < -0.39 is 0 Å². The number of aryl methyl sites for hydroxylation is 3. The highest BCUT2D eigenvalue weighted by Gasteiger charge is 2.14. The molecule has 27 heavy (non-hydrogen) atoms. The summed E-state index contributed by atoms with van der Waals surface area (Å²) in [4.78, 5) is 12.3. The Morgan fingerprint density at radius 1 is 1.15 bits per heavy atom. The van der Waals surface area contributed by atoms with E-state index in [4.69, 9.17) is 11.6 Å². The maximum atomic E-state index is 12.3. The number of hydrogen-bond donors (Lipinski definition) is 1. The second-order valence-electron chi connectivity index (χ2n) is 6.09. The van der Waals surface area contributed by atoms with Crippen LogP contribution in [0.3, 0.4) is 0 Å². The lowest BCUT2D eigenvalue weighted by Gasteiger charge is -2.11. The second kappa shape index (κ2) is 8.46. The summed E-state index contributed by atoms with van der Waals surface area (Å²) in [5, 5.41) is 12.4. The van der Waals surface area contributed by atoms with Crippen molar-refractivity contribution in [3.8, 4) is 5.69 Å². The van der Waals surface area contributed by atoms with E-state index in [1.807, 2.05) is 23.6 Å². The molecule has 0 bridgehead atoms. The highest BCUT2D eigenvalue weighted by Crippen LogP contribution is 2.27. The van der Waals surface area contributed by atoms with Crippen molar-refractivity contribution in [2.45, 2.75) is 25.9 Å². The Kier molecular flexibility index (Phi) is 6.24. The molecule has 1 heterocycles. The number of thioether (sulfide) groups is 1. The van der Waals surface area contributed by atoms with E-state index >= 15 is 0 Å². The van der Waals surface area contributed by atoms with Crippen LogP contribution < -0.4 is 5.32 Å². The molecule has 1 aromatic heterocycles. The fourth-order valence-electron chi connectivity index (χ4n) is 2.51. The molecule has 0 aliphatic rings. The average molecular weight is 466 g/mol. The Labute approximate surface area is 175 Å². The zero-order valence-corrected chi connectivity index (χ0v) is 18.2. The summed E-state index contributed by atoms with van der Waals surface area (Å²) >= 11 is 10.8. The molecule has 2 aromatic carbocycles. The van der Waals surface area contributed by atoms with Gasteiger partial charge >= 0.3 is 0 Å². The Hall–Kier alpha value is -1.83. The fraction of sp³-hybridized carbons (Fsp3) is 0.211. The molecule has 0 fully saturated rings. The fourth-order valence-corrected chi connectivity index (χ4v) is 4.02. The first-order valence-electron chi connectivity index (χ1n) is 8.22. The number of nitrogens with one attached hydrogen (secondary N) is 1. The smallest absolute Gasteiger partial charge is 0.234 e. The van der Waals surface area contributed by atoms with Crippen LogP contribution in [0.2, 0.25) is 5.02 Å². The number of benzene rings is 2. The van der Waals surface area contributed by atoms with Crippen molar-refractivity contribution in [1.29, 1.82) is 0 Å². The van der Waals surface area contributed by atoms with Crippen molar-refractivity contribution < 1.29 is 4.79 Å². The van der Waals surface area contributed by atoms with Crippen LogP contribution >= 0.6 is 39.3 Å². The summed E-state index contributed by atoms with van der Waals surface area (Å²) in [7, 11) is 0. The molecule has 0 unspecified atom stereocenters. The molecule has 0 saturated heterocycles. The van der Waals surface area contributed by atoms with Gasteiger partial charge in [-0.1, -0.05) is 45.4 Å². The highest BCUT2D eigenvalue weighted by molar-refractivity contribution is 9.10. The Balaban J connectivity index is 1.73. The topological polar surface area (TPSA) is 59.8 Å². The van der Waals surface area contributed by atoms with Gasteiger partial charge in [-0.2, -0.15) is 0 Å². The zero-order valence-electron chi connectivity index (χ0n) is 15.1. The molecule has 0 spiro atoms. The molecule has 5 nitrogen and oxygen atoms in total.